The Bertz CT molecular complexity index is 911. The van der Waals surface area contributed by atoms with E-state index in [4.69, 9.17) is 11.6 Å². The van der Waals surface area contributed by atoms with Crippen molar-refractivity contribution < 1.29 is 9.18 Å². The van der Waals surface area contributed by atoms with Crippen molar-refractivity contribution in [1.82, 2.24) is 15.3 Å². The molecule has 128 valence electrons. The quantitative estimate of drug-likeness (QED) is 0.712. The molecular weight excluding hydrogens is 361 g/mol. The van der Waals surface area contributed by atoms with E-state index >= 15 is 0 Å². The second-order valence-electron chi connectivity index (χ2n) is 5.53. The van der Waals surface area contributed by atoms with E-state index in [0.29, 0.717) is 10.6 Å². The number of pyridine rings is 1. The SMILES string of the molecule is Cc1nc(-c2ccc(F)cc2)sc1[C@@H](C)NC(=O)c1ccncc1Cl. The highest BCUT2D eigenvalue weighted by Crippen LogP contribution is 2.32. The molecule has 25 heavy (non-hydrogen) atoms. The van der Waals surface area contributed by atoms with Gasteiger partial charge in [-0.25, -0.2) is 9.37 Å². The Kier molecular flexibility index (Phi) is 5.11. The number of amides is 1. The van der Waals surface area contributed by atoms with Gasteiger partial charge in [0.15, 0.2) is 0 Å². The predicted octanol–water partition coefficient (Wildman–Crippen LogP) is 4.80. The number of hydrogen-bond acceptors (Lipinski definition) is 4. The molecule has 1 atom stereocenters. The Labute approximate surface area is 153 Å². The van der Waals surface area contributed by atoms with Crippen LogP contribution in [-0.4, -0.2) is 15.9 Å². The van der Waals surface area contributed by atoms with Crippen molar-refractivity contribution in [1.29, 1.82) is 0 Å². The van der Waals surface area contributed by atoms with Gasteiger partial charge in [-0.2, -0.15) is 0 Å². The van der Waals surface area contributed by atoms with Crippen LogP contribution < -0.4 is 5.32 Å². The van der Waals surface area contributed by atoms with Gasteiger partial charge in [0.1, 0.15) is 10.8 Å². The van der Waals surface area contributed by atoms with Crippen molar-refractivity contribution in [3.63, 3.8) is 0 Å². The summed E-state index contributed by atoms with van der Waals surface area (Å²) < 4.78 is 13.1. The summed E-state index contributed by atoms with van der Waals surface area (Å²) in [5, 5.41) is 4.02. The fraction of sp³-hybridized carbons (Fsp3) is 0.167. The first kappa shape index (κ1) is 17.5. The molecule has 0 radical (unpaired) electrons. The number of benzene rings is 1. The average Bonchev–Trinajstić information content (AvgIpc) is 2.97. The number of aromatic nitrogens is 2. The van der Waals surface area contributed by atoms with Crippen molar-refractivity contribution >= 4 is 28.8 Å². The maximum atomic E-state index is 13.1. The Morgan fingerprint density at radius 3 is 2.68 bits per heavy atom. The number of nitrogens with one attached hydrogen (secondary N) is 1. The monoisotopic (exact) mass is 375 g/mol. The van der Waals surface area contributed by atoms with Crippen molar-refractivity contribution in [3.8, 4) is 10.6 Å². The molecule has 1 amide bonds. The fourth-order valence-electron chi connectivity index (χ4n) is 2.43. The lowest BCUT2D eigenvalue weighted by molar-refractivity contribution is 0.0940. The van der Waals surface area contributed by atoms with Gasteiger partial charge in [0.2, 0.25) is 0 Å². The summed E-state index contributed by atoms with van der Waals surface area (Å²) in [6, 6.07) is 7.54. The molecule has 0 aliphatic rings. The number of rotatable bonds is 4. The predicted molar refractivity (Wildman–Crippen MR) is 97.4 cm³/mol. The molecule has 1 N–H and O–H groups in total. The summed E-state index contributed by atoms with van der Waals surface area (Å²) in [5.41, 5.74) is 2.05. The van der Waals surface area contributed by atoms with Gasteiger partial charge in [-0.05, 0) is 44.2 Å². The minimum atomic E-state index is -0.285. The molecule has 0 saturated heterocycles. The lowest BCUT2D eigenvalue weighted by atomic mass is 10.2. The Hall–Kier alpha value is -2.31. The van der Waals surface area contributed by atoms with Gasteiger partial charge in [-0.3, -0.25) is 9.78 Å². The Morgan fingerprint density at radius 1 is 1.28 bits per heavy atom. The molecule has 2 aromatic heterocycles. The first-order valence-corrected chi connectivity index (χ1v) is 8.79. The molecule has 3 rings (SSSR count). The molecule has 0 aliphatic carbocycles. The van der Waals surface area contributed by atoms with Gasteiger partial charge < -0.3 is 5.32 Å². The third-order valence-corrected chi connectivity index (χ3v) is 5.37. The van der Waals surface area contributed by atoms with E-state index in [1.807, 2.05) is 13.8 Å². The average molecular weight is 376 g/mol. The molecule has 0 unspecified atom stereocenters. The van der Waals surface area contributed by atoms with Crippen LogP contribution in [0, 0.1) is 12.7 Å². The van der Waals surface area contributed by atoms with Crippen LogP contribution in [0.1, 0.15) is 33.9 Å². The lowest BCUT2D eigenvalue weighted by Crippen LogP contribution is -2.26. The number of carbonyl (C=O) groups excluding carboxylic acids is 1. The molecule has 0 bridgehead atoms. The summed E-state index contributed by atoms with van der Waals surface area (Å²) in [4.78, 5) is 21.7. The van der Waals surface area contributed by atoms with Gasteiger partial charge in [0, 0.05) is 18.0 Å². The molecule has 3 aromatic rings. The third kappa shape index (κ3) is 3.86. The van der Waals surface area contributed by atoms with E-state index in [9.17, 15) is 9.18 Å². The van der Waals surface area contributed by atoms with Gasteiger partial charge in [-0.15, -0.1) is 11.3 Å². The number of hydrogen-bond donors (Lipinski definition) is 1. The normalized spacial score (nSPS) is 12.0. The van der Waals surface area contributed by atoms with Crippen LogP contribution >= 0.6 is 22.9 Å². The second-order valence-corrected chi connectivity index (χ2v) is 6.96. The van der Waals surface area contributed by atoms with Gasteiger partial charge in [0.25, 0.3) is 5.91 Å². The zero-order valence-corrected chi connectivity index (χ0v) is 15.2. The van der Waals surface area contributed by atoms with Crippen LogP contribution in [0.5, 0.6) is 0 Å². The highest BCUT2D eigenvalue weighted by molar-refractivity contribution is 7.15. The van der Waals surface area contributed by atoms with Crippen molar-refractivity contribution in [2.75, 3.05) is 0 Å². The highest BCUT2D eigenvalue weighted by Gasteiger charge is 2.19. The van der Waals surface area contributed by atoms with Gasteiger partial charge in [0.05, 0.1) is 27.2 Å². The highest BCUT2D eigenvalue weighted by atomic mass is 35.5. The molecule has 0 spiro atoms. The number of carbonyl (C=O) groups is 1. The van der Waals surface area contributed by atoms with Crippen molar-refractivity contribution in [2.24, 2.45) is 0 Å². The van der Waals surface area contributed by atoms with Crippen molar-refractivity contribution in [2.45, 2.75) is 19.9 Å². The lowest BCUT2D eigenvalue weighted by Gasteiger charge is -2.13. The summed E-state index contributed by atoms with van der Waals surface area (Å²) in [6.07, 6.45) is 2.96. The van der Waals surface area contributed by atoms with Crippen LogP contribution in [0.4, 0.5) is 4.39 Å². The Balaban J connectivity index is 1.81. The molecule has 0 aliphatic heterocycles. The molecule has 0 saturated carbocycles. The number of aryl methyl sites for hydroxylation is 1. The second kappa shape index (κ2) is 7.29. The molecule has 7 heteroatoms. The van der Waals surface area contributed by atoms with E-state index < -0.39 is 0 Å². The largest absolute Gasteiger partial charge is 0.345 e. The van der Waals surface area contributed by atoms with Crippen LogP contribution in [0.15, 0.2) is 42.7 Å². The van der Waals surface area contributed by atoms with E-state index in [0.717, 1.165) is 21.1 Å². The zero-order valence-electron chi connectivity index (χ0n) is 13.6. The number of thiazole rings is 1. The molecular formula is C18H15ClFN3OS. The maximum Gasteiger partial charge on any atom is 0.253 e. The van der Waals surface area contributed by atoms with E-state index in [2.05, 4.69) is 15.3 Å². The number of halogens is 2. The fourth-order valence-corrected chi connectivity index (χ4v) is 3.70. The summed E-state index contributed by atoms with van der Waals surface area (Å²) in [7, 11) is 0. The summed E-state index contributed by atoms with van der Waals surface area (Å²) in [5.74, 6) is -0.553. The van der Waals surface area contributed by atoms with Crippen LogP contribution in [0.3, 0.4) is 0 Å². The van der Waals surface area contributed by atoms with Crippen LogP contribution in [0.2, 0.25) is 5.02 Å². The van der Waals surface area contributed by atoms with Gasteiger partial charge in [-0.1, -0.05) is 11.6 Å². The topological polar surface area (TPSA) is 54.9 Å². The van der Waals surface area contributed by atoms with E-state index in [1.54, 1.807) is 18.2 Å². The zero-order chi connectivity index (χ0) is 18.0. The number of nitrogens with zero attached hydrogens (tertiary/aromatic N) is 2. The minimum Gasteiger partial charge on any atom is -0.345 e. The molecule has 1 aromatic carbocycles. The first-order valence-electron chi connectivity index (χ1n) is 7.59. The van der Waals surface area contributed by atoms with Gasteiger partial charge >= 0.3 is 0 Å². The Morgan fingerprint density at radius 2 is 2.00 bits per heavy atom. The molecule has 2 heterocycles. The summed E-state index contributed by atoms with van der Waals surface area (Å²) >= 11 is 7.49. The van der Waals surface area contributed by atoms with E-state index in [1.165, 1.54) is 35.9 Å². The first-order chi connectivity index (χ1) is 12.0. The minimum absolute atomic E-state index is 0.233. The van der Waals surface area contributed by atoms with E-state index in [-0.39, 0.29) is 17.8 Å². The van der Waals surface area contributed by atoms with Crippen LogP contribution in [-0.2, 0) is 0 Å². The summed E-state index contributed by atoms with van der Waals surface area (Å²) in [6.45, 7) is 3.78. The van der Waals surface area contributed by atoms with Crippen LogP contribution in [0.25, 0.3) is 10.6 Å². The maximum absolute atomic E-state index is 13.1. The van der Waals surface area contributed by atoms with Crippen molar-refractivity contribution in [3.05, 3.63) is 69.7 Å². The molecule has 0 fully saturated rings. The smallest absolute Gasteiger partial charge is 0.253 e. The standard InChI is InChI=1S/C18H15ClFN3OS/c1-10(22-17(24)14-7-8-21-9-15(14)19)16-11(2)23-18(25-16)12-3-5-13(20)6-4-12/h3-10H,1-2H3,(H,22,24)/t10-/m1/s1. The third-order valence-electron chi connectivity index (χ3n) is 3.68. The molecule has 4 nitrogen and oxygen atoms in total.